The lowest BCUT2D eigenvalue weighted by atomic mass is 9.85. The van der Waals surface area contributed by atoms with Crippen LogP contribution in [0.5, 0.6) is 0 Å². The molecule has 0 aliphatic heterocycles. The van der Waals surface area contributed by atoms with E-state index in [1.165, 1.54) is 51.5 Å². The Morgan fingerprint density at radius 3 is 2.64 bits per heavy atom. The normalized spacial score (nSPS) is 17.2. The third-order valence-electron chi connectivity index (χ3n) is 3.89. The molecule has 3 nitrogen and oxygen atoms in total. The van der Waals surface area contributed by atoms with Crippen molar-refractivity contribution in [3.63, 3.8) is 0 Å². The predicted molar refractivity (Wildman–Crippen MR) is 89.7 cm³/mol. The van der Waals surface area contributed by atoms with E-state index in [1.54, 1.807) is 0 Å². The number of rotatable bonds is 6. The van der Waals surface area contributed by atoms with Crippen LogP contribution in [0.4, 0.5) is 0 Å². The fourth-order valence-corrected chi connectivity index (χ4v) is 2.73. The summed E-state index contributed by atoms with van der Waals surface area (Å²) in [6, 6.07) is -0.131. The minimum absolute atomic E-state index is 0.131. The van der Waals surface area contributed by atoms with Gasteiger partial charge >= 0.3 is 5.97 Å². The molecule has 1 saturated carbocycles. The molecule has 0 aromatic heterocycles. The molecule has 0 bridgehead atoms. The van der Waals surface area contributed by atoms with Crippen LogP contribution in [0.2, 0.25) is 0 Å². The Hall–Kier alpha value is -1.71. The molecule has 120 valence electrons. The first-order valence-electron chi connectivity index (χ1n) is 8.18. The van der Waals surface area contributed by atoms with E-state index < -0.39 is 6.10 Å². The molecular formula is C19H27NO2. The molecule has 3 heteroatoms. The molecule has 1 aliphatic carbocycles. The van der Waals surface area contributed by atoms with E-state index in [-0.39, 0.29) is 12.0 Å². The summed E-state index contributed by atoms with van der Waals surface area (Å²) in [5.74, 6) is 11.6. The molecule has 0 amide bonds. The Balaban J connectivity index is 2.25. The lowest BCUT2D eigenvalue weighted by molar-refractivity contribution is -0.142. The first kappa shape index (κ1) is 18.3. The van der Waals surface area contributed by atoms with Gasteiger partial charge in [0.2, 0.25) is 0 Å². The average Bonchev–Trinajstić information content (AvgIpc) is 2.51. The lowest BCUT2D eigenvalue weighted by Gasteiger charge is -2.21. The molecule has 0 unspecified atom stereocenters. The maximum absolute atomic E-state index is 10.8. The van der Waals surface area contributed by atoms with Gasteiger partial charge in [-0.25, -0.2) is 0 Å². The second kappa shape index (κ2) is 10.9. The van der Waals surface area contributed by atoms with Gasteiger partial charge in [-0.2, -0.15) is 0 Å². The molecule has 1 fully saturated rings. The minimum Gasteiger partial charge on any atom is -0.445 e. The Bertz CT molecular complexity index is 469. The Morgan fingerprint density at radius 1 is 1.32 bits per heavy atom. The summed E-state index contributed by atoms with van der Waals surface area (Å²) in [5.41, 5.74) is 5.97. The summed E-state index contributed by atoms with van der Waals surface area (Å²) in [5, 5.41) is 0. The number of hydrogen-bond acceptors (Lipinski definition) is 3. The van der Waals surface area contributed by atoms with Crippen molar-refractivity contribution in [1.82, 2.24) is 0 Å². The van der Waals surface area contributed by atoms with Crippen molar-refractivity contribution >= 4 is 5.97 Å². The van der Waals surface area contributed by atoms with Gasteiger partial charge in [-0.05, 0) is 36.2 Å². The van der Waals surface area contributed by atoms with Crippen LogP contribution in [-0.2, 0) is 9.53 Å². The summed E-state index contributed by atoms with van der Waals surface area (Å²) in [4.78, 5) is 10.8. The van der Waals surface area contributed by atoms with E-state index in [2.05, 4.69) is 30.3 Å². The van der Waals surface area contributed by atoms with E-state index >= 15 is 0 Å². The summed E-state index contributed by atoms with van der Waals surface area (Å²) in [6.07, 6.45) is 11.1. The zero-order valence-electron chi connectivity index (χ0n) is 13.6. The van der Waals surface area contributed by atoms with Crippen molar-refractivity contribution < 1.29 is 9.53 Å². The summed E-state index contributed by atoms with van der Waals surface area (Å²) in [7, 11) is 0. The number of esters is 1. The van der Waals surface area contributed by atoms with Gasteiger partial charge in [0, 0.05) is 6.92 Å². The molecule has 22 heavy (non-hydrogen) atoms. The molecule has 0 heterocycles. The van der Waals surface area contributed by atoms with Gasteiger partial charge in [-0.1, -0.05) is 57.4 Å². The van der Waals surface area contributed by atoms with Crippen LogP contribution in [-0.4, -0.2) is 18.1 Å². The maximum atomic E-state index is 10.8. The molecule has 0 aromatic rings. The molecule has 2 N–H and O–H groups in total. The third kappa shape index (κ3) is 8.55. The number of nitrogens with two attached hydrogens (primary N) is 1. The predicted octanol–water partition coefficient (Wildman–Crippen LogP) is 3.19. The van der Waals surface area contributed by atoms with Gasteiger partial charge in [0.05, 0.1) is 6.04 Å². The average molecular weight is 301 g/mol. The van der Waals surface area contributed by atoms with E-state index in [0.29, 0.717) is 0 Å². The van der Waals surface area contributed by atoms with Crippen LogP contribution in [0.3, 0.4) is 0 Å². The van der Waals surface area contributed by atoms with E-state index in [9.17, 15) is 4.79 Å². The fourth-order valence-electron chi connectivity index (χ4n) is 2.73. The highest BCUT2D eigenvalue weighted by molar-refractivity contribution is 5.66. The van der Waals surface area contributed by atoms with Crippen molar-refractivity contribution in [1.29, 1.82) is 0 Å². The number of carbonyl (C=O) groups is 1. The van der Waals surface area contributed by atoms with Crippen molar-refractivity contribution in [2.24, 2.45) is 11.7 Å². The summed E-state index contributed by atoms with van der Waals surface area (Å²) < 4.78 is 4.91. The Labute approximate surface area is 134 Å². The molecular weight excluding hydrogens is 274 g/mol. The van der Waals surface area contributed by atoms with Crippen LogP contribution in [0.25, 0.3) is 0 Å². The number of hydrogen-bond donors (Lipinski definition) is 1. The first-order chi connectivity index (χ1) is 10.6. The van der Waals surface area contributed by atoms with Gasteiger partial charge in [-0.15, -0.1) is 0 Å². The fraction of sp³-hybridized carbons (Fsp3) is 0.632. The van der Waals surface area contributed by atoms with Gasteiger partial charge in [0.25, 0.3) is 0 Å². The van der Waals surface area contributed by atoms with E-state index in [4.69, 9.17) is 10.5 Å². The zero-order chi connectivity index (χ0) is 16.2. The SMILES string of the molecule is C=C[C@@H](C#CC#C[C@H](N)CCCC1CCCCC1)OC(C)=O. The summed E-state index contributed by atoms with van der Waals surface area (Å²) >= 11 is 0. The van der Waals surface area contributed by atoms with Crippen molar-refractivity contribution in [2.75, 3.05) is 0 Å². The molecule has 0 saturated heterocycles. The molecule has 1 aliphatic rings. The van der Waals surface area contributed by atoms with Crippen LogP contribution in [0.15, 0.2) is 12.7 Å². The zero-order valence-corrected chi connectivity index (χ0v) is 13.6. The first-order valence-corrected chi connectivity index (χ1v) is 8.18. The second-order valence-corrected chi connectivity index (χ2v) is 5.85. The van der Waals surface area contributed by atoms with E-state index in [1.807, 2.05) is 0 Å². The van der Waals surface area contributed by atoms with Gasteiger partial charge in [-0.3, -0.25) is 4.79 Å². The highest BCUT2D eigenvalue weighted by Gasteiger charge is 2.13. The van der Waals surface area contributed by atoms with Gasteiger partial charge in [0.15, 0.2) is 6.10 Å². The standard InChI is InChI=1S/C19H27NO2/c1-3-19(22-16(2)21)15-8-7-13-18(20)14-9-12-17-10-5-4-6-11-17/h3,17-19H,1,4-6,9-12,14,20H2,2H3/t18-,19-/m0/s1. The quantitative estimate of drug-likeness (QED) is 0.466. The topological polar surface area (TPSA) is 52.3 Å². The van der Waals surface area contributed by atoms with Crippen LogP contribution >= 0.6 is 0 Å². The van der Waals surface area contributed by atoms with Crippen molar-refractivity contribution in [3.05, 3.63) is 12.7 Å². The van der Waals surface area contributed by atoms with Gasteiger partial charge in [0.1, 0.15) is 0 Å². The highest BCUT2D eigenvalue weighted by Crippen LogP contribution is 2.27. The molecule has 0 radical (unpaired) electrons. The molecule has 0 spiro atoms. The van der Waals surface area contributed by atoms with Crippen molar-refractivity contribution in [2.45, 2.75) is 70.4 Å². The third-order valence-corrected chi connectivity index (χ3v) is 3.89. The van der Waals surface area contributed by atoms with Gasteiger partial charge < -0.3 is 10.5 Å². The Kier molecular flexibility index (Phi) is 9.12. The smallest absolute Gasteiger partial charge is 0.304 e. The number of carbonyl (C=O) groups excluding carboxylic acids is 1. The van der Waals surface area contributed by atoms with Crippen LogP contribution in [0.1, 0.15) is 58.3 Å². The Morgan fingerprint density at radius 2 is 2.00 bits per heavy atom. The van der Waals surface area contributed by atoms with Crippen molar-refractivity contribution in [3.8, 4) is 23.7 Å². The van der Waals surface area contributed by atoms with Crippen LogP contribution in [0, 0.1) is 29.6 Å². The maximum Gasteiger partial charge on any atom is 0.304 e. The lowest BCUT2D eigenvalue weighted by Crippen LogP contribution is -2.18. The second-order valence-electron chi connectivity index (χ2n) is 5.85. The summed E-state index contributed by atoms with van der Waals surface area (Å²) in [6.45, 7) is 4.90. The molecule has 2 atom stereocenters. The van der Waals surface area contributed by atoms with E-state index in [0.717, 1.165) is 18.8 Å². The molecule has 0 aromatic carbocycles. The monoisotopic (exact) mass is 301 g/mol. The largest absolute Gasteiger partial charge is 0.445 e. The molecule has 1 rings (SSSR count). The van der Waals surface area contributed by atoms with Crippen LogP contribution < -0.4 is 5.73 Å². The number of ether oxygens (including phenoxy) is 1. The highest BCUT2D eigenvalue weighted by atomic mass is 16.5. The minimum atomic E-state index is -0.602.